The summed E-state index contributed by atoms with van der Waals surface area (Å²) < 4.78 is 0. The Bertz CT molecular complexity index is 328. The molecule has 0 fully saturated rings. The van der Waals surface area contributed by atoms with Crippen molar-refractivity contribution in [1.29, 1.82) is 0 Å². The molecule has 2 rings (SSSR count). The molecule has 1 nitrogen and oxygen atoms in total. The lowest BCUT2D eigenvalue weighted by molar-refractivity contribution is 0.540. The highest BCUT2D eigenvalue weighted by Crippen LogP contribution is 2.26. The molecule has 0 radical (unpaired) electrons. The van der Waals surface area contributed by atoms with Crippen molar-refractivity contribution in [2.45, 2.75) is 39.2 Å². The Morgan fingerprint density at radius 1 is 1.36 bits per heavy atom. The Morgan fingerprint density at radius 3 is 2.86 bits per heavy atom. The smallest absolute Gasteiger partial charge is 0.0294 e. The predicted molar refractivity (Wildman–Crippen MR) is 60.7 cm³/mol. The number of nitrogens with one attached hydrogen (secondary N) is 1. The number of hydrogen-bond donors (Lipinski definition) is 1. The van der Waals surface area contributed by atoms with Crippen molar-refractivity contribution in [1.82, 2.24) is 5.32 Å². The first-order valence-corrected chi connectivity index (χ1v) is 5.54. The van der Waals surface area contributed by atoms with Gasteiger partial charge in [0.1, 0.15) is 0 Å². The van der Waals surface area contributed by atoms with E-state index in [4.69, 9.17) is 0 Å². The topological polar surface area (TPSA) is 12.0 Å². The van der Waals surface area contributed by atoms with Crippen LogP contribution >= 0.6 is 0 Å². The van der Waals surface area contributed by atoms with Gasteiger partial charge in [-0.25, -0.2) is 0 Å². The van der Waals surface area contributed by atoms with Gasteiger partial charge in [0, 0.05) is 6.04 Å². The quantitative estimate of drug-likeness (QED) is 0.716. The lowest BCUT2D eigenvalue weighted by Crippen LogP contribution is -2.27. The normalized spacial score (nSPS) is 21.0. The zero-order valence-electron chi connectivity index (χ0n) is 9.30. The first-order chi connectivity index (χ1) is 6.68. The van der Waals surface area contributed by atoms with Crippen LogP contribution in [0, 0.1) is 0 Å². The number of rotatable bonds is 1. The molecular weight excluding hydrogens is 170 g/mol. The summed E-state index contributed by atoms with van der Waals surface area (Å²) in [7, 11) is 0. The molecule has 76 valence electrons. The summed E-state index contributed by atoms with van der Waals surface area (Å²) in [5.41, 5.74) is 4.49. The maximum atomic E-state index is 3.50. The highest BCUT2D eigenvalue weighted by atomic mass is 14.9. The molecule has 0 amide bonds. The van der Waals surface area contributed by atoms with Crippen LogP contribution in [0.5, 0.6) is 0 Å². The molecule has 1 unspecified atom stereocenters. The third-order valence-electron chi connectivity index (χ3n) is 3.15. The average Bonchev–Trinajstić information content (AvgIpc) is 2.18. The molecule has 0 saturated heterocycles. The molecule has 0 saturated carbocycles. The van der Waals surface area contributed by atoms with E-state index in [1.807, 2.05) is 0 Å². The first-order valence-electron chi connectivity index (χ1n) is 5.54. The number of hydrogen-bond acceptors (Lipinski definition) is 1. The Balaban J connectivity index is 2.41. The second-order valence-electron chi connectivity index (χ2n) is 4.54. The molecule has 1 atom stereocenters. The number of benzene rings is 1. The molecule has 1 aliphatic rings. The molecule has 1 aliphatic heterocycles. The third kappa shape index (κ3) is 1.69. The van der Waals surface area contributed by atoms with E-state index in [0.29, 0.717) is 12.0 Å². The van der Waals surface area contributed by atoms with Gasteiger partial charge in [0.15, 0.2) is 0 Å². The fourth-order valence-corrected chi connectivity index (χ4v) is 2.14. The predicted octanol–water partition coefficient (Wildman–Crippen LogP) is 3.02. The van der Waals surface area contributed by atoms with Gasteiger partial charge in [-0.1, -0.05) is 32.0 Å². The molecule has 1 N–H and O–H groups in total. The van der Waals surface area contributed by atoms with Gasteiger partial charge in [-0.15, -0.1) is 0 Å². The second-order valence-corrected chi connectivity index (χ2v) is 4.54. The molecule has 1 aromatic rings. The number of fused-ring (bicyclic) bond motifs is 1. The van der Waals surface area contributed by atoms with Gasteiger partial charge in [0.2, 0.25) is 0 Å². The summed E-state index contributed by atoms with van der Waals surface area (Å²) in [6.45, 7) is 7.88. The van der Waals surface area contributed by atoms with Crippen molar-refractivity contribution in [2.75, 3.05) is 6.54 Å². The summed E-state index contributed by atoms with van der Waals surface area (Å²) in [5.74, 6) is 0.634. The van der Waals surface area contributed by atoms with Crippen LogP contribution in [0.3, 0.4) is 0 Å². The largest absolute Gasteiger partial charge is 0.310 e. The van der Waals surface area contributed by atoms with Gasteiger partial charge in [-0.2, -0.15) is 0 Å². The van der Waals surface area contributed by atoms with E-state index in [0.717, 1.165) is 6.54 Å². The van der Waals surface area contributed by atoms with Crippen molar-refractivity contribution in [2.24, 2.45) is 0 Å². The van der Waals surface area contributed by atoms with Crippen molar-refractivity contribution in [3.8, 4) is 0 Å². The minimum Gasteiger partial charge on any atom is -0.310 e. The van der Waals surface area contributed by atoms with E-state index in [1.54, 1.807) is 0 Å². The molecule has 14 heavy (non-hydrogen) atoms. The SMILES string of the molecule is CC(C)c1ccc2c(c1)C(C)NCC2. The molecule has 0 aromatic heterocycles. The van der Waals surface area contributed by atoms with E-state index in [-0.39, 0.29) is 0 Å². The van der Waals surface area contributed by atoms with Crippen molar-refractivity contribution in [3.63, 3.8) is 0 Å². The van der Waals surface area contributed by atoms with Gasteiger partial charge >= 0.3 is 0 Å². The molecule has 1 heterocycles. The van der Waals surface area contributed by atoms with Gasteiger partial charge in [0.05, 0.1) is 0 Å². The minimum atomic E-state index is 0.525. The van der Waals surface area contributed by atoms with Gasteiger partial charge < -0.3 is 5.32 Å². The Morgan fingerprint density at radius 2 is 2.14 bits per heavy atom. The van der Waals surface area contributed by atoms with E-state index in [9.17, 15) is 0 Å². The summed E-state index contributed by atoms with van der Waals surface area (Å²) in [6, 6.07) is 7.48. The van der Waals surface area contributed by atoms with Crippen LogP contribution in [0.4, 0.5) is 0 Å². The standard InChI is InChI=1S/C13H19N/c1-9(2)12-5-4-11-6-7-14-10(3)13(11)8-12/h4-5,8-10,14H,6-7H2,1-3H3. The van der Waals surface area contributed by atoms with Crippen molar-refractivity contribution >= 4 is 0 Å². The van der Waals surface area contributed by atoms with Crippen LogP contribution in [0.1, 0.15) is 49.4 Å². The van der Waals surface area contributed by atoms with E-state index in [1.165, 1.54) is 23.1 Å². The maximum absolute atomic E-state index is 3.50. The van der Waals surface area contributed by atoms with Crippen molar-refractivity contribution in [3.05, 3.63) is 34.9 Å². The van der Waals surface area contributed by atoms with Gasteiger partial charge in [-0.3, -0.25) is 0 Å². The van der Waals surface area contributed by atoms with Gasteiger partial charge in [0.25, 0.3) is 0 Å². The van der Waals surface area contributed by atoms with Crippen molar-refractivity contribution < 1.29 is 0 Å². The van der Waals surface area contributed by atoms with Crippen LogP contribution < -0.4 is 5.32 Å². The maximum Gasteiger partial charge on any atom is 0.0294 e. The first kappa shape index (κ1) is 9.72. The fraction of sp³-hybridized carbons (Fsp3) is 0.538. The fourth-order valence-electron chi connectivity index (χ4n) is 2.14. The summed E-state index contributed by atoms with van der Waals surface area (Å²) in [6.07, 6.45) is 1.18. The van der Waals surface area contributed by atoms with Crippen LogP contribution in [0.25, 0.3) is 0 Å². The van der Waals surface area contributed by atoms with E-state index >= 15 is 0 Å². The van der Waals surface area contributed by atoms with Crippen LogP contribution in [0.15, 0.2) is 18.2 Å². The lowest BCUT2D eigenvalue weighted by atomic mass is 9.90. The summed E-state index contributed by atoms with van der Waals surface area (Å²) >= 11 is 0. The monoisotopic (exact) mass is 189 g/mol. The molecular formula is C13H19N. The average molecular weight is 189 g/mol. The zero-order valence-corrected chi connectivity index (χ0v) is 9.30. The molecule has 0 bridgehead atoms. The second kappa shape index (κ2) is 3.74. The van der Waals surface area contributed by atoms with Crippen LogP contribution in [0.2, 0.25) is 0 Å². The van der Waals surface area contributed by atoms with E-state index < -0.39 is 0 Å². The highest BCUT2D eigenvalue weighted by Gasteiger charge is 2.16. The minimum absolute atomic E-state index is 0.525. The Kier molecular flexibility index (Phi) is 2.60. The highest BCUT2D eigenvalue weighted by molar-refractivity contribution is 5.37. The van der Waals surface area contributed by atoms with Crippen LogP contribution in [-0.4, -0.2) is 6.54 Å². The molecule has 1 heteroatoms. The summed E-state index contributed by atoms with van der Waals surface area (Å²) in [5, 5.41) is 3.50. The third-order valence-corrected chi connectivity index (χ3v) is 3.15. The molecule has 1 aromatic carbocycles. The zero-order chi connectivity index (χ0) is 10.1. The summed E-state index contributed by atoms with van der Waals surface area (Å²) in [4.78, 5) is 0. The van der Waals surface area contributed by atoms with E-state index in [2.05, 4.69) is 44.3 Å². The molecule has 0 aliphatic carbocycles. The molecule has 0 spiro atoms. The Hall–Kier alpha value is -0.820. The van der Waals surface area contributed by atoms with Gasteiger partial charge in [-0.05, 0) is 42.5 Å². The Labute approximate surface area is 86.5 Å². The lowest BCUT2D eigenvalue weighted by Gasteiger charge is -2.25. The van der Waals surface area contributed by atoms with Crippen LogP contribution in [-0.2, 0) is 6.42 Å².